The van der Waals surface area contributed by atoms with Crippen LogP contribution in [0.5, 0.6) is 0 Å². The number of nitrogens with one attached hydrogen (secondary N) is 1. The number of carbonyl (C=O) groups is 1. The Kier molecular flexibility index (Phi) is 6.99. The smallest absolute Gasteiger partial charge is 0.394 e. The van der Waals surface area contributed by atoms with Gasteiger partial charge in [0, 0.05) is 35.4 Å². The number of fused-ring (bicyclic) bond motifs is 1. The molecule has 2 N–H and O–H groups in total. The third-order valence-corrected chi connectivity index (χ3v) is 7.68. The van der Waals surface area contributed by atoms with Crippen LogP contribution in [0.2, 0.25) is 0 Å². The molecule has 1 aromatic heterocycles. The molecule has 0 unspecified atom stereocenters. The van der Waals surface area contributed by atoms with E-state index in [1.807, 2.05) is 0 Å². The molecule has 12 heteroatoms. The van der Waals surface area contributed by atoms with Gasteiger partial charge in [0.15, 0.2) is 9.84 Å². The van der Waals surface area contributed by atoms with E-state index in [4.69, 9.17) is 6.85 Å². The predicted octanol–water partition coefficient (Wildman–Crippen LogP) is 5.62. The molecule has 41 heavy (non-hydrogen) atoms. The number of nitrogens with zero attached hydrogens (tertiary/aromatic N) is 1. The first-order valence-corrected chi connectivity index (χ1v) is 13.6. The first-order chi connectivity index (χ1) is 21.3. The number of halogens is 5. The third-order valence-electron chi connectivity index (χ3n) is 6.52. The average molecular weight is 600 g/mol. The lowest BCUT2D eigenvalue weighted by Gasteiger charge is -2.17. The summed E-state index contributed by atoms with van der Waals surface area (Å²) >= 11 is 0. The van der Waals surface area contributed by atoms with E-state index in [0.717, 1.165) is 24.3 Å². The quantitative estimate of drug-likeness (QED) is 0.232. The number of carbonyl (C=O) groups excluding carboxylic acids is 1. The summed E-state index contributed by atoms with van der Waals surface area (Å²) in [5.74, 6) is -1.76. The minimum atomic E-state index is -4.95. The number of hydrogen-bond donors (Lipinski definition) is 2. The Labute approximate surface area is 240 Å². The molecular formula is C29H27F5N2O4S. The van der Waals surface area contributed by atoms with Crippen molar-refractivity contribution in [2.75, 3.05) is 19.0 Å². The van der Waals surface area contributed by atoms with Gasteiger partial charge >= 0.3 is 6.18 Å². The Hall–Kier alpha value is -3.77. The summed E-state index contributed by atoms with van der Waals surface area (Å²) in [6, 6.07) is 11.3. The van der Waals surface area contributed by atoms with Crippen molar-refractivity contribution in [2.45, 2.75) is 36.9 Å². The molecule has 0 saturated heterocycles. The molecule has 1 amide bonds. The summed E-state index contributed by atoms with van der Waals surface area (Å²) in [4.78, 5) is 12.5. The molecule has 4 aromatic rings. The number of sulfone groups is 1. The van der Waals surface area contributed by atoms with Crippen LogP contribution < -0.4 is 5.32 Å². The number of aliphatic hydroxyl groups is 1. The lowest BCUT2D eigenvalue weighted by Crippen LogP contribution is -2.30. The zero-order chi connectivity index (χ0) is 34.2. The number of aliphatic hydroxyl groups excluding tert-OH is 1. The van der Waals surface area contributed by atoms with E-state index < -0.39 is 70.1 Å². The monoisotopic (exact) mass is 599 g/mol. The molecule has 1 heterocycles. The molecule has 4 rings (SSSR count). The zero-order valence-corrected chi connectivity index (χ0v) is 22.0. The van der Waals surface area contributed by atoms with Crippen LogP contribution in [0, 0.1) is 5.82 Å². The maximum atomic E-state index is 13.6. The van der Waals surface area contributed by atoms with Crippen molar-refractivity contribution in [1.29, 1.82) is 0 Å². The Morgan fingerprint density at radius 2 is 1.83 bits per heavy atom. The predicted molar refractivity (Wildman–Crippen MR) is 144 cm³/mol. The fourth-order valence-electron chi connectivity index (χ4n) is 4.54. The van der Waals surface area contributed by atoms with E-state index in [1.54, 1.807) is 0 Å². The number of aryl methyl sites for hydroxylation is 1. The number of aromatic nitrogens is 1. The second-order valence-electron chi connectivity index (χ2n) is 9.11. The van der Waals surface area contributed by atoms with Gasteiger partial charge < -0.3 is 15.0 Å². The fourth-order valence-corrected chi connectivity index (χ4v) is 5.15. The Morgan fingerprint density at radius 1 is 1.10 bits per heavy atom. The SMILES string of the molecule is [2H]C([2H])([2H])C([2H])([2H])S(=O)(=O)c1ccc([C@@H](CO)NC(=O)c2ccc3c(c2)cc(Cc2ccc(F)cc2C(F)(F)F)n3CCF)cc1. The van der Waals surface area contributed by atoms with Gasteiger partial charge in [-0.25, -0.2) is 17.2 Å². The molecular weight excluding hydrogens is 567 g/mol. The minimum Gasteiger partial charge on any atom is -0.394 e. The van der Waals surface area contributed by atoms with Crippen molar-refractivity contribution in [2.24, 2.45) is 0 Å². The first kappa shape index (κ1) is 23.9. The first-order valence-electron chi connectivity index (χ1n) is 14.6. The second-order valence-corrected chi connectivity index (χ2v) is 10.8. The normalized spacial score (nSPS) is 15.4. The standard InChI is InChI=1S/C29H27F5N2O4S/c1-2-41(39,40)24-8-4-18(5-9-24)26(17-37)35-28(38)20-6-10-27-21(13-20)15-23(36(27)12-11-30)14-19-3-7-22(31)16-25(19)29(32,33)34/h3-10,13,15-16,26,37H,2,11-12,14,17H2,1H3,(H,35,38)/t26-/m1/s1/i1D3,2D2. The van der Waals surface area contributed by atoms with Gasteiger partial charge in [-0.1, -0.05) is 25.1 Å². The number of hydrogen-bond acceptors (Lipinski definition) is 4. The Balaban J connectivity index is 1.60. The molecule has 0 aliphatic heterocycles. The average Bonchev–Trinajstić information content (AvgIpc) is 3.31. The highest BCUT2D eigenvalue weighted by Gasteiger charge is 2.34. The third kappa shape index (κ3) is 6.59. The van der Waals surface area contributed by atoms with E-state index in [1.165, 1.54) is 41.0 Å². The molecule has 0 saturated carbocycles. The van der Waals surface area contributed by atoms with Crippen molar-refractivity contribution in [3.8, 4) is 0 Å². The summed E-state index contributed by atoms with van der Waals surface area (Å²) in [5.41, 5.74) is -3.98. The van der Waals surface area contributed by atoms with Gasteiger partial charge in [0.1, 0.15) is 12.5 Å². The molecule has 0 fully saturated rings. The molecule has 6 nitrogen and oxygen atoms in total. The molecule has 0 bridgehead atoms. The van der Waals surface area contributed by atoms with Crippen molar-refractivity contribution < 1.29 is 47.1 Å². The number of amides is 1. The van der Waals surface area contributed by atoms with E-state index in [2.05, 4.69) is 5.32 Å². The highest BCUT2D eigenvalue weighted by Crippen LogP contribution is 2.34. The van der Waals surface area contributed by atoms with Crippen LogP contribution in [0.25, 0.3) is 10.9 Å². The lowest BCUT2D eigenvalue weighted by molar-refractivity contribution is -0.138. The topological polar surface area (TPSA) is 88.4 Å². The molecule has 0 aliphatic rings. The maximum Gasteiger partial charge on any atom is 0.416 e. The number of rotatable bonds is 10. The summed E-state index contributed by atoms with van der Waals surface area (Å²) in [5, 5.41) is 12.9. The van der Waals surface area contributed by atoms with Gasteiger partial charge in [0.2, 0.25) is 0 Å². The van der Waals surface area contributed by atoms with Crippen LogP contribution >= 0.6 is 0 Å². The van der Waals surface area contributed by atoms with Crippen molar-refractivity contribution in [3.63, 3.8) is 0 Å². The summed E-state index contributed by atoms with van der Waals surface area (Å²) in [6.07, 6.45) is -5.14. The minimum absolute atomic E-state index is 0.0673. The van der Waals surface area contributed by atoms with Gasteiger partial charge in [-0.3, -0.25) is 4.79 Å². The molecule has 0 spiro atoms. The van der Waals surface area contributed by atoms with Crippen molar-refractivity contribution >= 4 is 26.6 Å². The number of benzene rings is 3. The van der Waals surface area contributed by atoms with Gasteiger partial charge in [0.05, 0.1) is 35.4 Å². The molecule has 1 atom stereocenters. The van der Waals surface area contributed by atoms with E-state index >= 15 is 0 Å². The lowest BCUT2D eigenvalue weighted by atomic mass is 10.0. The van der Waals surface area contributed by atoms with Crippen molar-refractivity contribution in [1.82, 2.24) is 9.88 Å². The Bertz CT molecular complexity index is 1860. The van der Waals surface area contributed by atoms with Crippen molar-refractivity contribution in [3.05, 3.63) is 100 Å². The van der Waals surface area contributed by atoms with Crippen LogP contribution in [-0.4, -0.2) is 43.0 Å². The van der Waals surface area contributed by atoms with Crippen LogP contribution in [-0.2, 0) is 29.0 Å². The highest BCUT2D eigenvalue weighted by molar-refractivity contribution is 7.91. The van der Waals surface area contributed by atoms with Gasteiger partial charge in [0.25, 0.3) is 5.91 Å². The van der Waals surface area contributed by atoms with Gasteiger partial charge in [-0.15, -0.1) is 0 Å². The summed E-state index contributed by atoms with van der Waals surface area (Å²) in [7, 11) is -4.95. The van der Waals surface area contributed by atoms with Gasteiger partial charge in [-0.2, -0.15) is 13.2 Å². The summed E-state index contributed by atoms with van der Waals surface area (Å²) < 4.78 is 131. The fraction of sp³-hybridized carbons (Fsp3) is 0.276. The molecule has 3 aromatic carbocycles. The molecule has 0 aliphatic carbocycles. The second kappa shape index (κ2) is 12.0. The largest absolute Gasteiger partial charge is 0.416 e. The zero-order valence-electron chi connectivity index (χ0n) is 26.2. The van der Waals surface area contributed by atoms with E-state index in [0.29, 0.717) is 17.0 Å². The van der Waals surface area contributed by atoms with Crippen LogP contribution in [0.15, 0.2) is 71.6 Å². The van der Waals surface area contributed by atoms with E-state index in [9.17, 15) is 40.3 Å². The molecule has 218 valence electrons. The Morgan fingerprint density at radius 3 is 2.46 bits per heavy atom. The molecule has 0 radical (unpaired) electrons. The van der Waals surface area contributed by atoms with E-state index in [-0.39, 0.29) is 35.3 Å². The number of alkyl halides is 4. The summed E-state index contributed by atoms with van der Waals surface area (Å²) in [6.45, 7) is -5.15. The van der Waals surface area contributed by atoms with Crippen LogP contribution in [0.4, 0.5) is 22.0 Å². The highest BCUT2D eigenvalue weighted by atomic mass is 32.2. The van der Waals surface area contributed by atoms with Gasteiger partial charge in [-0.05, 0) is 59.7 Å². The van der Waals surface area contributed by atoms with Crippen LogP contribution in [0.3, 0.4) is 0 Å². The van der Waals surface area contributed by atoms with Crippen LogP contribution in [0.1, 0.15) is 52.5 Å². The maximum absolute atomic E-state index is 13.6.